The van der Waals surface area contributed by atoms with Crippen molar-refractivity contribution in [1.82, 2.24) is 5.32 Å². The second-order valence-electron chi connectivity index (χ2n) is 4.63. The first kappa shape index (κ1) is 12.2. The van der Waals surface area contributed by atoms with Crippen LogP contribution in [0.1, 0.15) is 24.8 Å². The first-order chi connectivity index (χ1) is 8.33. The lowest BCUT2D eigenvalue weighted by Gasteiger charge is -2.21. The van der Waals surface area contributed by atoms with Gasteiger partial charge in [0.1, 0.15) is 5.75 Å². The van der Waals surface area contributed by atoms with E-state index in [0.29, 0.717) is 5.92 Å². The third kappa shape index (κ3) is 3.10. The summed E-state index contributed by atoms with van der Waals surface area (Å²) in [4.78, 5) is 0. The van der Waals surface area contributed by atoms with Gasteiger partial charge in [-0.05, 0) is 55.5 Å². The summed E-state index contributed by atoms with van der Waals surface area (Å²) in [7, 11) is 3.74. The van der Waals surface area contributed by atoms with Crippen molar-refractivity contribution in [2.24, 2.45) is 5.92 Å². The Morgan fingerprint density at radius 3 is 3.06 bits per heavy atom. The van der Waals surface area contributed by atoms with Crippen molar-refractivity contribution in [2.75, 3.05) is 20.7 Å². The molecule has 0 spiro atoms. The van der Waals surface area contributed by atoms with E-state index >= 15 is 0 Å². The molecule has 0 bridgehead atoms. The van der Waals surface area contributed by atoms with Crippen LogP contribution >= 0.6 is 0 Å². The van der Waals surface area contributed by atoms with E-state index in [0.717, 1.165) is 12.3 Å². The number of rotatable bonds is 4. The van der Waals surface area contributed by atoms with E-state index in [4.69, 9.17) is 4.74 Å². The number of hydrogen-bond acceptors (Lipinski definition) is 2. The Bertz CT molecular complexity index is 398. The molecule has 1 aromatic carbocycles. The third-order valence-corrected chi connectivity index (χ3v) is 3.36. The SMILES string of the molecule is CNCC1C=C(c2cccc(OC)c2)CCC1. The van der Waals surface area contributed by atoms with Crippen LogP contribution in [0.5, 0.6) is 5.75 Å². The molecule has 0 radical (unpaired) electrons. The fraction of sp³-hybridized carbons (Fsp3) is 0.467. The van der Waals surface area contributed by atoms with Gasteiger partial charge in [0.25, 0.3) is 0 Å². The molecule has 1 N–H and O–H groups in total. The van der Waals surface area contributed by atoms with Crippen molar-refractivity contribution >= 4 is 5.57 Å². The van der Waals surface area contributed by atoms with Gasteiger partial charge in [-0.15, -0.1) is 0 Å². The molecule has 0 amide bonds. The number of methoxy groups -OCH3 is 1. The molecule has 0 heterocycles. The fourth-order valence-electron chi connectivity index (χ4n) is 2.49. The van der Waals surface area contributed by atoms with Crippen molar-refractivity contribution in [2.45, 2.75) is 19.3 Å². The predicted molar refractivity (Wildman–Crippen MR) is 72.2 cm³/mol. The molecule has 0 saturated heterocycles. The maximum atomic E-state index is 5.28. The van der Waals surface area contributed by atoms with Crippen molar-refractivity contribution in [1.29, 1.82) is 0 Å². The monoisotopic (exact) mass is 231 g/mol. The van der Waals surface area contributed by atoms with Gasteiger partial charge in [-0.3, -0.25) is 0 Å². The molecule has 0 fully saturated rings. The van der Waals surface area contributed by atoms with Crippen LogP contribution < -0.4 is 10.1 Å². The molecule has 17 heavy (non-hydrogen) atoms. The zero-order valence-corrected chi connectivity index (χ0v) is 10.7. The molecule has 0 aromatic heterocycles. The van der Waals surface area contributed by atoms with Gasteiger partial charge in [0, 0.05) is 6.54 Å². The lowest BCUT2D eigenvalue weighted by atomic mass is 9.87. The Kier molecular flexibility index (Phi) is 4.21. The van der Waals surface area contributed by atoms with Crippen LogP contribution in [-0.2, 0) is 0 Å². The average molecular weight is 231 g/mol. The van der Waals surface area contributed by atoms with Crippen LogP contribution in [0.3, 0.4) is 0 Å². The molecule has 1 aliphatic rings. The first-order valence-electron chi connectivity index (χ1n) is 6.33. The highest BCUT2D eigenvalue weighted by molar-refractivity contribution is 5.67. The van der Waals surface area contributed by atoms with E-state index in [1.807, 2.05) is 13.1 Å². The van der Waals surface area contributed by atoms with Gasteiger partial charge in [-0.25, -0.2) is 0 Å². The minimum absolute atomic E-state index is 0.676. The average Bonchev–Trinajstić information content (AvgIpc) is 2.40. The van der Waals surface area contributed by atoms with Crippen LogP contribution in [0.4, 0.5) is 0 Å². The normalized spacial score (nSPS) is 19.9. The lowest BCUT2D eigenvalue weighted by molar-refractivity contribution is 0.414. The van der Waals surface area contributed by atoms with Gasteiger partial charge in [0.15, 0.2) is 0 Å². The van der Waals surface area contributed by atoms with Gasteiger partial charge >= 0.3 is 0 Å². The summed E-state index contributed by atoms with van der Waals surface area (Å²) in [5.74, 6) is 1.62. The number of hydrogen-bond donors (Lipinski definition) is 1. The van der Waals surface area contributed by atoms with Gasteiger partial charge in [-0.1, -0.05) is 18.2 Å². The van der Waals surface area contributed by atoms with E-state index < -0.39 is 0 Å². The van der Waals surface area contributed by atoms with Gasteiger partial charge in [0.2, 0.25) is 0 Å². The molecule has 0 saturated carbocycles. The highest BCUT2D eigenvalue weighted by Crippen LogP contribution is 2.31. The molecule has 2 nitrogen and oxygen atoms in total. The Morgan fingerprint density at radius 2 is 2.29 bits per heavy atom. The zero-order chi connectivity index (χ0) is 12.1. The smallest absolute Gasteiger partial charge is 0.119 e. The molecule has 1 atom stereocenters. The molecule has 2 rings (SSSR count). The maximum Gasteiger partial charge on any atom is 0.119 e. The molecule has 1 unspecified atom stereocenters. The fourth-order valence-corrected chi connectivity index (χ4v) is 2.49. The molecular formula is C15H21NO. The first-order valence-corrected chi connectivity index (χ1v) is 6.33. The van der Waals surface area contributed by atoms with Crippen LogP contribution in [0.2, 0.25) is 0 Å². The van der Waals surface area contributed by atoms with Crippen molar-refractivity contribution in [3.63, 3.8) is 0 Å². The molecule has 0 aliphatic heterocycles. The van der Waals surface area contributed by atoms with Crippen molar-refractivity contribution < 1.29 is 4.74 Å². The van der Waals surface area contributed by atoms with E-state index in [-0.39, 0.29) is 0 Å². The lowest BCUT2D eigenvalue weighted by Crippen LogP contribution is -2.19. The Hall–Kier alpha value is -1.28. The summed E-state index contributed by atoms with van der Waals surface area (Å²) in [6, 6.07) is 8.37. The summed E-state index contributed by atoms with van der Waals surface area (Å²) in [6.45, 7) is 1.08. The minimum atomic E-state index is 0.676. The molecule has 1 aliphatic carbocycles. The summed E-state index contributed by atoms with van der Waals surface area (Å²) in [5, 5.41) is 3.26. The Morgan fingerprint density at radius 1 is 1.41 bits per heavy atom. The minimum Gasteiger partial charge on any atom is -0.497 e. The Labute approximate surface area is 104 Å². The number of nitrogens with one attached hydrogen (secondary N) is 1. The maximum absolute atomic E-state index is 5.28. The molecular weight excluding hydrogens is 210 g/mol. The van der Waals surface area contributed by atoms with Gasteiger partial charge < -0.3 is 10.1 Å². The number of benzene rings is 1. The summed E-state index contributed by atoms with van der Waals surface area (Å²) in [6.07, 6.45) is 6.20. The van der Waals surface area contributed by atoms with Crippen LogP contribution in [0, 0.1) is 5.92 Å². The standard InChI is InChI=1S/C15H21NO/c1-16-11-12-5-3-6-13(9-12)14-7-4-8-15(10-14)17-2/h4,7-10,12,16H,3,5-6,11H2,1-2H3. The number of allylic oxidation sites excluding steroid dienone is 1. The van der Waals surface area contributed by atoms with Crippen molar-refractivity contribution in [3.05, 3.63) is 35.9 Å². The summed E-state index contributed by atoms with van der Waals surface area (Å²) in [5.41, 5.74) is 2.78. The third-order valence-electron chi connectivity index (χ3n) is 3.36. The Balaban J connectivity index is 2.19. The topological polar surface area (TPSA) is 21.3 Å². The number of ether oxygens (including phenoxy) is 1. The quantitative estimate of drug-likeness (QED) is 0.859. The second kappa shape index (κ2) is 5.87. The molecule has 1 aromatic rings. The highest BCUT2D eigenvalue weighted by Gasteiger charge is 2.14. The van der Waals surface area contributed by atoms with E-state index in [2.05, 4.69) is 29.6 Å². The largest absolute Gasteiger partial charge is 0.497 e. The van der Waals surface area contributed by atoms with Crippen LogP contribution in [-0.4, -0.2) is 20.7 Å². The van der Waals surface area contributed by atoms with Crippen LogP contribution in [0.25, 0.3) is 5.57 Å². The molecule has 2 heteroatoms. The van der Waals surface area contributed by atoms with E-state index in [9.17, 15) is 0 Å². The predicted octanol–water partition coefficient (Wildman–Crippen LogP) is 3.10. The van der Waals surface area contributed by atoms with Gasteiger partial charge in [-0.2, -0.15) is 0 Å². The second-order valence-corrected chi connectivity index (χ2v) is 4.63. The summed E-state index contributed by atoms with van der Waals surface area (Å²) < 4.78 is 5.28. The van der Waals surface area contributed by atoms with Crippen LogP contribution in [0.15, 0.2) is 30.3 Å². The highest BCUT2D eigenvalue weighted by atomic mass is 16.5. The molecule has 92 valence electrons. The van der Waals surface area contributed by atoms with E-state index in [1.165, 1.54) is 30.4 Å². The van der Waals surface area contributed by atoms with Crippen molar-refractivity contribution in [3.8, 4) is 5.75 Å². The zero-order valence-electron chi connectivity index (χ0n) is 10.7. The van der Waals surface area contributed by atoms with Gasteiger partial charge in [0.05, 0.1) is 7.11 Å². The summed E-state index contributed by atoms with van der Waals surface area (Å²) >= 11 is 0. The van der Waals surface area contributed by atoms with E-state index in [1.54, 1.807) is 7.11 Å².